The van der Waals surface area contributed by atoms with Gasteiger partial charge < -0.3 is 10.4 Å². The maximum absolute atomic E-state index is 13.2. The molecule has 2 N–H and O–H groups in total. The zero-order valence-electron chi connectivity index (χ0n) is 9.37. The van der Waals surface area contributed by atoms with Gasteiger partial charge in [0.1, 0.15) is 5.82 Å². The molecular formula is C12H11BrFNO3. The zero-order valence-corrected chi connectivity index (χ0v) is 11.0. The van der Waals surface area contributed by atoms with Gasteiger partial charge in [0.25, 0.3) is 5.91 Å². The molecule has 0 spiro atoms. The second-order valence-corrected chi connectivity index (χ2v) is 5.25. The monoisotopic (exact) mass is 315 g/mol. The van der Waals surface area contributed by atoms with Gasteiger partial charge in [-0.25, -0.2) is 4.39 Å². The van der Waals surface area contributed by atoms with Crippen molar-refractivity contribution < 1.29 is 19.1 Å². The average Bonchev–Trinajstić information content (AvgIpc) is 3.11. The van der Waals surface area contributed by atoms with Gasteiger partial charge in [0, 0.05) is 12.1 Å². The Morgan fingerprint density at radius 1 is 1.44 bits per heavy atom. The molecule has 0 aliphatic heterocycles. The lowest BCUT2D eigenvalue weighted by Crippen LogP contribution is -2.34. The van der Waals surface area contributed by atoms with Gasteiger partial charge in [-0.3, -0.25) is 9.59 Å². The third kappa shape index (κ3) is 2.53. The van der Waals surface area contributed by atoms with E-state index in [1.54, 1.807) is 0 Å². The molecule has 1 fully saturated rings. The van der Waals surface area contributed by atoms with Crippen molar-refractivity contribution >= 4 is 27.8 Å². The Kier molecular flexibility index (Phi) is 3.38. The number of aliphatic carboxylic acids is 1. The lowest BCUT2D eigenvalue weighted by Gasteiger charge is -2.11. The lowest BCUT2D eigenvalue weighted by atomic mass is 10.1. The molecule has 1 aliphatic carbocycles. The van der Waals surface area contributed by atoms with Crippen LogP contribution >= 0.6 is 15.9 Å². The van der Waals surface area contributed by atoms with Crippen LogP contribution in [0.25, 0.3) is 0 Å². The third-order valence-corrected chi connectivity index (χ3v) is 3.72. The molecule has 2 rings (SSSR count). The van der Waals surface area contributed by atoms with Crippen molar-refractivity contribution in [2.45, 2.75) is 12.8 Å². The molecule has 1 aromatic carbocycles. The SMILES string of the molecule is O=C(NCC1(C(=O)O)CC1)c1ccc(Br)c(F)c1. The van der Waals surface area contributed by atoms with E-state index in [9.17, 15) is 14.0 Å². The van der Waals surface area contributed by atoms with Gasteiger partial charge in [-0.15, -0.1) is 0 Å². The van der Waals surface area contributed by atoms with Gasteiger partial charge in [0.15, 0.2) is 0 Å². The summed E-state index contributed by atoms with van der Waals surface area (Å²) < 4.78 is 13.5. The molecule has 1 aliphatic rings. The summed E-state index contributed by atoms with van der Waals surface area (Å²) in [6, 6.07) is 4.02. The molecule has 0 aromatic heterocycles. The molecule has 0 unspecified atom stereocenters. The van der Waals surface area contributed by atoms with Crippen LogP contribution in [0.15, 0.2) is 22.7 Å². The molecular weight excluding hydrogens is 305 g/mol. The molecule has 0 bridgehead atoms. The topological polar surface area (TPSA) is 66.4 Å². The van der Waals surface area contributed by atoms with Crippen LogP contribution < -0.4 is 5.32 Å². The van der Waals surface area contributed by atoms with E-state index in [4.69, 9.17) is 5.11 Å². The first kappa shape index (κ1) is 13.0. The summed E-state index contributed by atoms with van der Waals surface area (Å²) in [4.78, 5) is 22.6. The zero-order chi connectivity index (χ0) is 13.3. The van der Waals surface area contributed by atoms with Gasteiger partial charge >= 0.3 is 5.97 Å². The van der Waals surface area contributed by atoms with Gasteiger partial charge in [0.05, 0.1) is 9.89 Å². The standard InChI is InChI=1S/C12H11BrFNO3/c13-8-2-1-7(5-9(8)14)10(16)15-6-12(3-4-12)11(17)18/h1-2,5H,3-4,6H2,(H,15,16)(H,17,18). The van der Waals surface area contributed by atoms with Crippen LogP contribution in [-0.2, 0) is 4.79 Å². The molecule has 4 nitrogen and oxygen atoms in total. The number of hydrogen-bond acceptors (Lipinski definition) is 2. The van der Waals surface area contributed by atoms with Gasteiger partial charge in [-0.05, 0) is 47.0 Å². The highest BCUT2D eigenvalue weighted by Gasteiger charge is 2.50. The van der Waals surface area contributed by atoms with Crippen LogP contribution in [0.5, 0.6) is 0 Å². The van der Waals surface area contributed by atoms with E-state index in [1.165, 1.54) is 12.1 Å². The number of amides is 1. The van der Waals surface area contributed by atoms with Crippen molar-refractivity contribution in [3.8, 4) is 0 Å². The number of carbonyl (C=O) groups is 2. The van der Waals surface area contributed by atoms with Gasteiger partial charge in [0.2, 0.25) is 0 Å². The highest BCUT2D eigenvalue weighted by atomic mass is 79.9. The van der Waals surface area contributed by atoms with Crippen molar-refractivity contribution in [2.24, 2.45) is 5.41 Å². The number of rotatable bonds is 4. The van der Waals surface area contributed by atoms with E-state index in [1.807, 2.05) is 0 Å². The summed E-state index contributed by atoms with van der Waals surface area (Å²) in [6.07, 6.45) is 1.13. The van der Waals surface area contributed by atoms with E-state index < -0.39 is 23.1 Å². The second kappa shape index (κ2) is 4.68. The molecule has 18 heavy (non-hydrogen) atoms. The van der Waals surface area contributed by atoms with Crippen LogP contribution in [0.3, 0.4) is 0 Å². The Labute approximate surface area is 111 Å². The van der Waals surface area contributed by atoms with Crippen LogP contribution in [0.4, 0.5) is 4.39 Å². The minimum atomic E-state index is -0.898. The Morgan fingerprint density at radius 3 is 2.61 bits per heavy atom. The van der Waals surface area contributed by atoms with Gasteiger partial charge in [-0.1, -0.05) is 0 Å². The maximum atomic E-state index is 13.2. The van der Waals surface area contributed by atoms with Crippen molar-refractivity contribution in [2.75, 3.05) is 6.54 Å². The number of benzene rings is 1. The first-order chi connectivity index (χ1) is 8.44. The molecule has 0 radical (unpaired) electrons. The average molecular weight is 316 g/mol. The largest absolute Gasteiger partial charge is 0.481 e. The summed E-state index contributed by atoms with van der Waals surface area (Å²) in [6.45, 7) is 0.0822. The molecule has 0 atom stereocenters. The third-order valence-electron chi connectivity index (χ3n) is 3.08. The van der Waals surface area contributed by atoms with Crippen LogP contribution in [0.1, 0.15) is 23.2 Å². The van der Waals surface area contributed by atoms with E-state index in [-0.39, 0.29) is 16.6 Å². The van der Waals surface area contributed by atoms with Crippen LogP contribution in [0, 0.1) is 11.2 Å². The van der Waals surface area contributed by atoms with Crippen molar-refractivity contribution in [3.05, 3.63) is 34.1 Å². The first-order valence-corrected chi connectivity index (χ1v) is 6.21. The van der Waals surface area contributed by atoms with E-state index in [0.29, 0.717) is 12.8 Å². The normalized spacial score (nSPS) is 16.1. The van der Waals surface area contributed by atoms with Crippen LogP contribution in [-0.4, -0.2) is 23.5 Å². The minimum Gasteiger partial charge on any atom is -0.481 e. The number of nitrogens with one attached hydrogen (secondary N) is 1. The number of carbonyl (C=O) groups excluding carboxylic acids is 1. The molecule has 0 saturated heterocycles. The van der Waals surface area contributed by atoms with Crippen molar-refractivity contribution in [1.82, 2.24) is 5.32 Å². The fourth-order valence-electron chi connectivity index (χ4n) is 1.61. The highest BCUT2D eigenvalue weighted by Crippen LogP contribution is 2.45. The van der Waals surface area contributed by atoms with E-state index >= 15 is 0 Å². The predicted molar refractivity (Wildman–Crippen MR) is 65.7 cm³/mol. The van der Waals surface area contributed by atoms with Crippen molar-refractivity contribution in [1.29, 1.82) is 0 Å². The van der Waals surface area contributed by atoms with Crippen LogP contribution in [0.2, 0.25) is 0 Å². The molecule has 0 heterocycles. The summed E-state index contributed by atoms with van der Waals surface area (Å²) >= 11 is 2.99. The smallest absolute Gasteiger partial charge is 0.311 e. The summed E-state index contributed by atoms with van der Waals surface area (Å²) in [5.74, 6) is -1.89. The van der Waals surface area contributed by atoms with Gasteiger partial charge in [-0.2, -0.15) is 0 Å². The van der Waals surface area contributed by atoms with Crippen molar-refractivity contribution in [3.63, 3.8) is 0 Å². The molecule has 1 saturated carbocycles. The fourth-order valence-corrected chi connectivity index (χ4v) is 1.85. The lowest BCUT2D eigenvalue weighted by molar-refractivity contribution is -0.143. The Morgan fingerprint density at radius 2 is 2.11 bits per heavy atom. The maximum Gasteiger partial charge on any atom is 0.311 e. The number of hydrogen-bond donors (Lipinski definition) is 2. The summed E-state index contributed by atoms with van der Waals surface area (Å²) in [7, 11) is 0. The quantitative estimate of drug-likeness (QED) is 0.895. The van der Waals surface area contributed by atoms with E-state index in [0.717, 1.165) is 6.07 Å². The number of carboxylic acid groups (broad SMARTS) is 1. The molecule has 1 amide bonds. The summed E-state index contributed by atoms with van der Waals surface area (Å²) in [5.41, 5.74) is -0.638. The fraction of sp³-hybridized carbons (Fsp3) is 0.333. The Balaban J connectivity index is 2.00. The summed E-state index contributed by atoms with van der Waals surface area (Å²) in [5, 5.41) is 11.5. The number of carboxylic acids is 1. The Hall–Kier alpha value is -1.43. The second-order valence-electron chi connectivity index (χ2n) is 4.40. The van der Waals surface area contributed by atoms with E-state index in [2.05, 4.69) is 21.2 Å². The number of halogens is 2. The molecule has 1 aromatic rings. The molecule has 6 heteroatoms. The first-order valence-electron chi connectivity index (χ1n) is 5.41. The minimum absolute atomic E-state index is 0.0822. The Bertz CT molecular complexity index is 514. The molecule has 96 valence electrons. The highest BCUT2D eigenvalue weighted by molar-refractivity contribution is 9.10. The predicted octanol–water partition coefficient (Wildman–Crippen LogP) is 2.18.